The third kappa shape index (κ3) is 2.89. The molecule has 0 heterocycles. The molecule has 1 N–H and O–H groups in total. The fraction of sp³-hybridized carbons (Fsp3) is 0.250. The smallest absolute Gasteiger partial charge is 0.162 e. The van der Waals surface area contributed by atoms with Crippen LogP contribution in [0, 0.1) is 0 Å². The molecule has 2 aromatic carbocycles. The molecule has 0 saturated heterocycles. The highest BCUT2D eigenvalue weighted by atomic mass is 35.5. The zero-order valence-electron chi connectivity index (χ0n) is 11.8. The summed E-state index contributed by atoms with van der Waals surface area (Å²) >= 11 is 6.38. The fourth-order valence-corrected chi connectivity index (χ4v) is 2.50. The lowest BCUT2D eigenvalue weighted by Crippen LogP contribution is -2.18. The van der Waals surface area contributed by atoms with E-state index in [4.69, 9.17) is 21.1 Å². The van der Waals surface area contributed by atoms with Crippen LogP contribution in [0.4, 0.5) is 0 Å². The topological polar surface area (TPSA) is 30.5 Å². The molecule has 0 amide bonds. The van der Waals surface area contributed by atoms with Crippen molar-refractivity contribution in [3.05, 3.63) is 58.6 Å². The molecule has 106 valence electrons. The van der Waals surface area contributed by atoms with E-state index in [-0.39, 0.29) is 6.04 Å². The molecule has 1 atom stereocenters. The minimum Gasteiger partial charge on any atom is -0.493 e. The molecule has 0 bridgehead atoms. The van der Waals surface area contributed by atoms with Crippen LogP contribution in [-0.2, 0) is 0 Å². The zero-order chi connectivity index (χ0) is 14.5. The van der Waals surface area contributed by atoms with E-state index in [1.165, 1.54) is 0 Å². The Hall–Kier alpha value is -1.71. The van der Waals surface area contributed by atoms with Gasteiger partial charge < -0.3 is 14.8 Å². The molecule has 2 rings (SSSR count). The van der Waals surface area contributed by atoms with Gasteiger partial charge in [0, 0.05) is 11.1 Å². The monoisotopic (exact) mass is 291 g/mol. The first-order chi connectivity index (χ1) is 9.71. The molecule has 0 spiro atoms. The zero-order valence-corrected chi connectivity index (χ0v) is 12.6. The summed E-state index contributed by atoms with van der Waals surface area (Å²) < 4.78 is 10.6. The van der Waals surface area contributed by atoms with Gasteiger partial charge in [-0.25, -0.2) is 0 Å². The van der Waals surface area contributed by atoms with Gasteiger partial charge in [-0.15, -0.1) is 0 Å². The van der Waals surface area contributed by atoms with Gasteiger partial charge in [0.15, 0.2) is 11.5 Å². The molecule has 1 unspecified atom stereocenters. The molecule has 20 heavy (non-hydrogen) atoms. The third-order valence-corrected chi connectivity index (χ3v) is 3.56. The van der Waals surface area contributed by atoms with Crippen LogP contribution in [0.5, 0.6) is 11.5 Å². The van der Waals surface area contributed by atoms with E-state index in [1.54, 1.807) is 20.3 Å². The molecule has 0 fully saturated rings. The van der Waals surface area contributed by atoms with Gasteiger partial charge in [-0.05, 0) is 24.2 Å². The van der Waals surface area contributed by atoms with Gasteiger partial charge in [-0.2, -0.15) is 0 Å². The molecule has 2 aromatic rings. The summed E-state index contributed by atoms with van der Waals surface area (Å²) in [5.74, 6) is 1.30. The van der Waals surface area contributed by atoms with Crippen molar-refractivity contribution >= 4 is 11.6 Å². The first-order valence-corrected chi connectivity index (χ1v) is 6.72. The van der Waals surface area contributed by atoms with E-state index in [2.05, 4.69) is 17.4 Å². The first-order valence-electron chi connectivity index (χ1n) is 6.35. The Kier molecular flexibility index (Phi) is 4.88. The third-order valence-electron chi connectivity index (χ3n) is 3.24. The van der Waals surface area contributed by atoms with Gasteiger partial charge in [0.05, 0.1) is 20.3 Å². The van der Waals surface area contributed by atoms with Crippen LogP contribution in [-0.4, -0.2) is 21.3 Å². The molecular weight excluding hydrogens is 274 g/mol. The van der Waals surface area contributed by atoms with Crippen molar-refractivity contribution in [3.8, 4) is 11.5 Å². The molecule has 0 saturated carbocycles. The predicted molar refractivity (Wildman–Crippen MR) is 81.9 cm³/mol. The van der Waals surface area contributed by atoms with Gasteiger partial charge in [-0.1, -0.05) is 41.9 Å². The number of nitrogens with one attached hydrogen (secondary N) is 1. The van der Waals surface area contributed by atoms with Crippen LogP contribution in [0.3, 0.4) is 0 Å². The van der Waals surface area contributed by atoms with Crippen LogP contribution in [0.1, 0.15) is 17.2 Å². The summed E-state index contributed by atoms with van der Waals surface area (Å²) in [4.78, 5) is 0. The number of methoxy groups -OCH3 is 2. The summed E-state index contributed by atoms with van der Waals surface area (Å²) in [6.07, 6.45) is 0. The van der Waals surface area contributed by atoms with Gasteiger partial charge in [0.2, 0.25) is 0 Å². The molecule has 0 aromatic heterocycles. The quantitative estimate of drug-likeness (QED) is 0.912. The molecule has 0 aliphatic carbocycles. The number of halogens is 1. The second kappa shape index (κ2) is 6.64. The van der Waals surface area contributed by atoms with Crippen molar-refractivity contribution in [2.45, 2.75) is 6.04 Å². The van der Waals surface area contributed by atoms with E-state index in [9.17, 15) is 0 Å². The second-order valence-electron chi connectivity index (χ2n) is 4.36. The summed E-state index contributed by atoms with van der Waals surface area (Å²) in [5.41, 5.74) is 2.10. The van der Waals surface area contributed by atoms with Crippen LogP contribution in [0.2, 0.25) is 5.02 Å². The Labute approximate surface area is 124 Å². The van der Waals surface area contributed by atoms with Gasteiger partial charge in [0.25, 0.3) is 0 Å². The molecule has 0 aliphatic heterocycles. The van der Waals surface area contributed by atoms with E-state index >= 15 is 0 Å². The number of hydrogen-bond acceptors (Lipinski definition) is 3. The Bertz CT molecular complexity index is 572. The second-order valence-corrected chi connectivity index (χ2v) is 4.77. The lowest BCUT2D eigenvalue weighted by atomic mass is 9.98. The van der Waals surface area contributed by atoms with Gasteiger partial charge in [0.1, 0.15) is 0 Å². The SMILES string of the molecule is CNC(c1ccccc1)c1cc(OC)c(OC)cc1Cl. The van der Waals surface area contributed by atoms with Crippen molar-refractivity contribution < 1.29 is 9.47 Å². The molecule has 0 radical (unpaired) electrons. The Morgan fingerprint density at radius 2 is 1.60 bits per heavy atom. The highest BCUT2D eigenvalue weighted by Gasteiger charge is 2.18. The van der Waals surface area contributed by atoms with Crippen molar-refractivity contribution in [3.63, 3.8) is 0 Å². The van der Waals surface area contributed by atoms with E-state index < -0.39 is 0 Å². The molecule has 3 nitrogen and oxygen atoms in total. The first kappa shape index (κ1) is 14.7. The van der Waals surface area contributed by atoms with E-state index in [0.29, 0.717) is 16.5 Å². The molecule has 4 heteroatoms. The summed E-state index contributed by atoms with van der Waals surface area (Å²) in [6, 6.07) is 13.8. The highest BCUT2D eigenvalue weighted by Crippen LogP contribution is 2.37. The number of rotatable bonds is 5. The molecule has 0 aliphatic rings. The normalized spacial score (nSPS) is 12.0. The minimum atomic E-state index is 0.00325. The van der Waals surface area contributed by atoms with Crippen molar-refractivity contribution in [1.82, 2.24) is 5.32 Å². The average molecular weight is 292 g/mol. The minimum absolute atomic E-state index is 0.00325. The number of hydrogen-bond donors (Lipinski definition) is 1. The highest BCUT2D eigenvalue weighted by molar-refractivity contribution is 6.31. The van der Waals surface area contributed by atoms with Crippen molar-refractivity contribution in [2.75, 3.05) is 21.3 Å². The average Bonchev–Trinajstić information content (AvgIpc) is 2.50. The largest absolute Gasteiger partial charge is 0.493 e. The van der Waals surface area contributed by atoms with E-state index in [0.717, 1.165) is 11.1 Å². The predicted octanol–water partition coefficient (Wildman–Crippen LogP) is 3.67. The maximum Gasteiger partial charge on any atom is 0.162 e. The number of ether oxygens (including phenoxy) is 2. The van der Waals surface area contributed by atoms with Crippen molar-refractivity contribution in [1.29, 1.82) is 0 Å². The number of benzene rings is 2. The molecular formula is C16H18ClNO2. The van der Waals surface area contributed by atoms with Gasteiger partial charge >= 0.3 is 0 Å². The lowest BCUT2D eigenvalue weighted by molar-refractivity contribution is 0.354. The maximum atomic E-state index is 6.38. The standard InChI is InChI=1S/C16H18ClNO2/c1-18-16(11-7-5-4-6-8-11)12-9-14(19-2)15(20-3)10-13(12)17/h4-10,16,18H,1-3H3. The van der Waals surface area contributed by atoms with Crippen LogP contribution >= 0.6 is 11.6 Å². The van der Waals surface area contributed by atoms with E-state index in [1.807, 2.05) is 31.3 Å². The summed E-state index contributed by atoms with van der Waals surface area (Å²) in [5, 5.41) is 3.93. The summed E-state index contributed by atoms with van der Waals surface area (Å²) in [6.45, 7) is 0. The van der Waals surface area contributed by atoms with Crippen LogP contribution < -0.4 is 14.8 Å². The van der Waals surface area contributed by atoms with Crippen LogP contribution in [0.25, 0.3) is 0 Å². The van der Waals surface area contributed by atoms with Crippen molar-refractivity contribution in [2.24, 2.45) is 0 Å². The lowest BCUT2D eigenvalue weighted by Gasteiger charge is -2.20. The van der Waals surface area contributed by atoms with Gasteiger partial charge in [-0.3, -0.25) is 0 Å². The fourth-order valence-electron chi connectivity index (χ4n) is 2.24. The Morgan fingerprint density at radius 1 is 1.00 bits per heavy atom. The maximum absolute atomic E-state index is 6.38. The Balaban J connectivity index is 2.50. The Morgan fingerprint density at radius 3 is 2.15 bits per heavy atom. The van der Waals surface area contributed by atoms with Crippen LogP contribution in [0.15, 0.2) is 42.5 Å². The summed E-state index contributed by atoms with van der Waals surface area (Å²) in [7, 11) is 5.12.